The highest BCUT2D eigenvalue weighted by molar-refractivity contribution is 5.79. The van der Waals surface area contributed by atoms with Crippen LogP contribution in [0.25, 0.3) is 0 Å². The van der Waals surface area contributed by atoms with Gasteiger partial charge in [0.15, 0.2) is 24.7 Å². The molecule has 1 aromatic carbocycles. The van der Waals surface area contributed by atoms with Crippen LogP contribution in [0.1, 0.15) is 13.3 Å². The van der Waals surface area contributed by atoms with Gasteiger partial charge in [0.1, 0.15) is 0 Å². The number of carbonyl (C=O) groups excluding carboxylic acids is 1. The SMILES string of the molecule is CC1CC(C(=O)O)CN(C(=O)COc2ccccc2OCC(F)(F)F)C1. The van der Waals surface area contributed by atoms with Gasteiger partial charge < -0.3 is 19.5 Å². The number of hydrogen-bond acceptors (Lipinski definition) is 4. The summed E-state index contributed by atoms with van der Waals surface area (Å²) >= 11 is 0. The van der Waals surface area contributed by atoms with Crippen molar-refractivity contribution in [3.05, 3.63) is 24.3 Å². The number of piperidine rings is 1. The maximum absolute atomic E-state index is 12.3. The van der Waals surface area contributed by atoms with E-state index in [1.54, 1.807) is 6.07 Å². The second-order valence-corrected chi connectivity index (χ2v) is 6.31. The number of aliphatic carboxylic acids is 1. The Morgan fingerprint density at radius 3 is 2.38 bits per heavy atom. The lowest BCUT2D eigenvalue weighted by Crippen LogP contribution is -2.47. The summed E-state index contributed by atoms with van der Waals surface area (Å²) in [6.45, 7) is 0.486. The molecule has 6 nitrogen and oxygen atoms in total. The van der Waals surface area contributed by atoms with E-state index in [1.165, 1.54) is 23.1 Å². The van der Waals surface area contributed by atoms with Gasteiger partial charge >= 0.3 is 12.1 Å². The first-order valence-electron chi connectivity index (χ1n) is 8.07. The highest BCUT2D eigenvalue weighted by atomic mass is 19.4. The fourth-order valence-corrected chi connectivity index (χ4v) is 2.81. The number of rotatable bonds is 6. The van der Waals surface area contributed by atoms with Gasteiger partial charge in [0.25, 0.3) is 5.91 Å². The maximum atomic E-state index is 12.3. The van der Waals surface area contributed by atoms with Crippen molar-refractivity contribution in [1.82, 2.24) is 4.90 Å². The highest BCUT2D eigenvalue weighted by Gasteiger charge is 2.32. The smallest absolute Gasteiger partial charge is 0.422 e. The molecule has 144 valence electrons. The molecular weight excluding hydrogens is 355 g/mol. The van der Waals surface area contributed by atoms with Crippen LogP contribution < -0.4 is 9.47 Å². The number of nitrogens with zero attached hydrogens (tertiary/aromatic N) is 1. The summed E-state index contributed by atoms with van der Waals surface area (Å²) in [6, 6.07) is 5.75. The topological polar surface area (TPSA) is 76.1 Å². The van der Waals surface area contributed by atoms with E-state index in [-0.39, 0.29) is 24.0 Å². The lowest BCUT2D eigenvalue weighted by Gasteiger charge is -2.34. The van der Waals surface area contributed by atoms with Crippen LogP contribution in [0.3, 0.4) is 0 Å². The summed E-state index contributed by atoms with van der Waals surface area (Å²) < 4.78 is 46.9. The van der Waals surface area contributed by atoms with Gasteiger partial charge in [-0.15, -0.1) is 0 Å². The second kappa shape index (κ2) is 8.29. The molecule has 1 aliphatic rings. The number of halogens is 3. The van der Waals surface area contributed by atoms with Crippen LogP contribution in [0.2, 0.25) is 0 Å². The standard InChI is InChI=1S/C17H20F3NO5/c1-11-6-12(16(23)24)8-21(7-11)15(22)9-25-13-4-2-3-5-14(13)26-10-17(18,19)20/h2-5,11-12H,6-10H2,1H3,(H,23,24). The van der Waals surface area contributed by atoms with Crippen molar-refractivity contribution in [1.29, 1.82) is 0 Å². The largest absolute Gasteiger partial charge is 0.481 e. The number of amides is 1. The molecule has 9 heteroatoms. The zero-order chi connectivity index (χ0) is 19.3. The Morgan fingerprint density at radius 2 is 1.81 bits per heavy atom. The number of likely N-dealkylation sites (tertiary alicyclic amines) is 1. The van der Waals surface area contributed by atoms with Gasteiger partial charge in [-0.25, -0.2) is 0 Å². The van der Waals surface area contributed by atoms with Gasteiger partial charge in [-0.05, 0) is 24.5 Å². The molecule has 1 aliphatic heterocycles. The molecule has 1 heterocycles. The lowest BCUT2D eigenvalue weighted by molar-refractivity contribution is -0.154. The predicted molar refractivity (Wildman–Crippen MR) is 85.0 cm³/mol. The summed E-state index contributed by atoms with van der Waals surface area (Å²) in [5, 5.41) is 9.15. The van der Waals surface area contributed by atoms with E-state index < -0.39 is 37.2 Å². The van der Waals surface area contributed by atoms with Gasteiger partial charge in [0.05, 0.1) is 5.92 Å². The van der Waals surface area contributed by atoms with Crippen molar-refractivity contribution < 1.29 is 37.3 Å². The van der Waals surface area contributed by atoms with Gasteiger partial charge in [-0.2, -0.15) is 13.2 Å². The average Bonchev–Trinajstić information content (AvgIpc) is 2.57. The summed E-state index contributed by atoms with van der Waals surface area (Å²) in [4.78, 5) is 24.9. The lowest BCUT2D eigenvalue weighted by atomic mass is 9.90. The number of carbonyl (C=O) groups is 2. The van der Waals surface area contributed by atoms with Crippen molar-refractivity contribution in [2.75, 3.05) is 26.3 Å². The molecule has 1 N–H and O–H groups in total. The van der Waals surface area contributed by atoms with Gasteiger partial charge in [-0.3, -0.25) is 9.59 Å². The molecule has 2 rings (SSSR count). The molecule has 0 saturated carbocycles. The predicted octanol–water partition coefficient (Wildman–Crippen LogP) is 2.58. The first-order chi connectivity index (χ1) is 12.2. The number of benzene rings is 1. The maximum Gasteiger partial charge on any atom is 0.422 e. The number of hydrogen-bond donors (Lipinski definition) is 1. The monoisotopic (exact) mass is 375 g/mol. The van der Waals surface area contributed by atoms with Crippen molar-refractivity contribution in [3.63, 3.8) is 0 Å². The van der Waals surface area contributed by atoms with Gasteiger partial charge in [0.2, 0.25) is 0 Å². The van der Waals surface area contributed by atoms with Crippen LogP contribution in [0, 0.1) is 11.8 Å². The molecule has 1 aromatic rings. The Hall–Kier alpha value is -2.45. The second-order valence-electron chi connectivity index (χ2n) is 6.31. The number of para-hydroxylation sites is 2. The first kappa shape index (κ1) is 19.9. The number of carboxylic acids is 1. The Labute approximate surface area is 148 Å². The Bertz CT molecular complexity index is 650. The van der Waals surface area contributed by atoms with Gasteiger partial charge in [-0.1, -0.05) is 19.1 Å². The highest BCUT2D eigenvalue weighted by Crippen LogP contribution is 2.29. The van der Waals surface area contributed by atoms with Crippen molar-refractivity contribution in [2.24, 2.45) is 11.8 Å². The fraction of sp³-hybridized carbons (Fsp3) is 0.529. The van der Waals surface area contributed by atoms with Crippen LogP contribution in [-0.4, -0.2) is 54.4 Å². The number of ether oxygens (including phenoxy) is 2. The first-order valence-corrected chi connectivity index (χ1v) is 8.07. The normalized spacial score (nSPS) is 20.5. The minimum atomic E-state index is -4.49. The van der Waals surface area contributed by atoms with E-state index in [9.17, 15) is 22.8 Å². The fourth-order valence-electron chi connectivity index (χ4n) is 2.81. The summed E-state index contributed by atoms with van der Waals surface area (Å²) in [6.07, 6.45) is -3.99. The molecule has 0 bridgehead atoms. The zero-order valence-electron chi connectivity index (χ0n) is 14.2. The van der Waals surface area contributed by atoms with E-state index in [0.29, 0.717) is 13.0 Å². The van der Waals surface area contributed by atoms with E-state index in [0.717, 1.165) is 0 Å². The van der Waals surface area contributed by atoms with E-state index in [2.05, 4.69) is 0 Å². The quantitative estimate of drug-likeness (QED) is 0.827. The van der Waals surface area contributed by atoms with E-state index in [4.69, 9.17) is 14.6 Å². The zero-order valence-corrected chi connectivity index (χ0v) is 14.2. The molecule has 1 fully saturated rings. The van der Waals surface area contributed by atoms with Crippen LogP contribution in [0.15, 0.2) is 24.3 Å². The summed E-state index contributed by atoms with van der Waals surface area (Å²) in [5.74, 6) is -2.08. The molecule has 1 amide bonds. The molecule has 2 unspecified atom stereocenters. The Balaban J connectivity index is 1.96. The van der Waals surface area contributed by atoms with E-state index in [1.807, 2.05) is 6.92 Å². The van der Waals surface area contributed by atoms with Crippen molar-refractivity contribution in [3.8, 4) is 11.5 Å². The minimum Gasteiger partial charge on any atom is -0.481 e. The van der Waals surface area contributed by atoms with Crippen molar-refractivity contribution in [2.45, 2.75) is 19.5 Å². The third kappa shape index (κ3) is 5.82. The molecule has 0 aromatic heterocycles. The molecular formula is C17H20F3NO5. The van der Waals surface area contributed by atoms with Crippen LogP contribution in [-0.2, 0) is 9.59 Å². The number of alkyl halides is 3. The molecule has 26 heavy (non-hydrogen) atoms. The van der Waals surface area contributed by atoms with Crippen molar-refractivity contribution >= 4 is 11.9 Å². The summed E-state index contributed by atoms with van der Waals surface area (Å²) in [7, 11) is 0. The molecule has 0 aliphatic carbocycles. The third-order valence-corrected chi connectivity index (χ3v) is 3.95. The number of carboxylic acid groups (broad SMARTS) is 1. The average molecular weight is 375 g/mol. The van der Waals surface area contributed by atoms with E-state index >= 15 is 0 Å². The minimum absolute atomic E-state index is 0.0185. The Kier molecular flexibility index (Phi) is 6.33. The molecule has 0 radical (unpaired) electrons. The Morgan fingerprint density at radius 1 is 1.19 bits per heavy atom. The molecule has 1 saturated heterocycles. The molecule has 0 spiro atoms. The third-order valence-electron chi connectivity index (χ3n) is 3.95. The summed E-state index contributed by atoms with van der Waals surface area (Å²) in [5.41, 5.74) is 0. The van der Waals surface area contributed by atoms with Crippen LogP contribution >= 0.6 is 0 Å². The van der Waals surface area contributed by atoms with Gasteiger partial charge in [0, 0.05) is 13.1 Å². The molecule has 2 atom stereocenters. The van der Waals surface area contributed by atoms with Crippen LogP contribution in [0.4, 0.5) is 13.2 Å². The van der Waals surface area contributed by atoms with Crippen LogP contribution in [0.5, 0.6) is 11.5 Å².